The van der Waals surface area contributed by atoms with Crippen LogP contribution in [0.4, 0.5) is 10.5 Å². The van der Waals surface area contributed by atoms with Gasteiger partial charge in [0.15, 0.2) is 0 Å². The highest BCUT2D eigenvalue weighted by atomic mass is 16.2. The van der Waals surface area contributed by atoms with Gasteiger partial charge in [-0.1, -0.05) is 0 Å². The van der Waals surface area contributed by atoms with Crippen LogP contribution >= 0.6 is 0 Å². The zero-order chi connectivity index (χ0) is 18.0. The summed E-state index contributed by atoms with van der Waals surface area (Å²) >= 11 is 0. The van der Waals surface area contributed by atoms with Crippen LogP contribution in [0.5, 0.6) is 0 Å². The van der Waals surface area contributed by atoms with Crippen LogP contribution in [0.3, 0.4) is 0 Å². The van der Waals surface area contributed by atoms with Crippen LogP contribution in [0.15, 0.2) is 18.2 Å². The molecule has 2 fully saturated rings. The van der Waals surface area contributed by atoms with Crippen molar-refractivity contribution in [3.05, 3.63) is 29.3 Å². The normalized spacial score (nSPS) is 20.8. The maximum absolute atomic E-state index is 12.5. The molecule has 0 saturated carbocycles. The highest BCUT2D eigenvalue weighted by Gasteiger charge is 2.31. The van der Waals surface area contributed by atoms with Crippen LogP contribution in [-0.4, -0.2) is 73.0 Å². The summed E-state index contributed by atoms with van der Waals surface area (Å²) in [5, 5.41) is 2.97. The van der Waals surface area contributed by atoms with Gasteiger partial charge in [-0.05, 0) is 63.0 Å². The van der Waals surface area contributed by atoms with E-state index in [1.54, 1.807) is 31.1 Å². The third-order valence-electron chi connectivity index (χ3n) is 5.22. The number of amides is 3. The lowest BCUT2D eigenvalue weighted by atomic mass is 10.1. The Kier molecular flexibility index (Phi) is 5.27. The number of carbonyl (C=O) groups is 2. The minimum Gasteiger partial charge on any atom is -0.345 e. The molecule has 0 radical (unpaired) electrons. The van der Waals surface area contributed by atoms with E-state index in [0.717, 1.165) is 30.8 Å². The summed E-state index contributed by atoms with van der Waals surface area (Å²) in [6.45, 7) is 5.85. The van der Waals surface area contributed by atoms with Crippen molar-refractivity contribution in [3.8, 4) is 0 Å². The molecule has 2 aliphatic rings. The van der Waals surface area contributed by atoms with Crippen molar-refractivity contribution in [2.24, 2.45) is 0 Å². The molecule has 1 unspecified atom stereocenters. The fraction of sp³-hybridized carbons (Fsp3) is 0.579. The van der Waals surface area contributed by atoms with E-state index in [2.05, 4.69) is 10.2 Å². The molecule has 3 rings (SSSR count). The number of rotatable bonds is 3. The number of benzene rings is 1. The molecule has 1 atom stereocenters. The fourth-order valence-corrected chi connectivity index (χ4v) is 3.76. The van der Waals surface area contributed by atoms with Gasteiger partial charge in [-0.25, -0.2) is 4.79 Å². The molecule has 0 spiro atoms. The zero-order valence-corrected chi connectivity index (χ0v) is 15.4. The molecular formula is C19H28N4O2. The molecule has 2 heterocycles. The lowest BCUT2D eigenvalue weighted by Crippen LogP contribution is -2.38. The number of nitrogens with zero attached hydrogens (tertiary/aromatic N) is 3. The van der Waals surface area contributed by atoms with Gasteiger partial charge in [0.05, 0.1) is 0 Å². The largest absolute Gasteiger partial charge is 0.345 e. The van der Waals surface area contributed by atoms with Crippen LogP contribution < -0.4 is 5.32 Å². The van der Waals surface area contributed by atoms with Gasteiger partial charge < -0.3 is 15.1 Å². The van der Waals surface area contributed by atoms with Gasteiger partial charge in [0.1, 0.15) is 0 Å². The van der Waals surface area contributed by atoms with Crippen molar-refractivity contribution in [2.45, 2.75) is 32.2 Å². The number of carbonyl (C=O) groups excluding carboxylic acids is 2. The van der Waals surface area contributed by atoms with Gasteiger partial charge in [-0.3, -0.25) is 9.69 Å². The number of anilines is 1. The quantitative estimate of drug-likeness (QED) is 0.916. The van der Waals surface area contributed by atoms with E-state index in [1.807, 2.05) is 17.9 Å². The monoisotopic (exact) mass is 344 g/mol. The summed E-state index contributed by atoms with van der Waals surface area (Å²) < 4.78 is 0. The van der Waals surface area contributed by atoms with Crippen molar-refractivity contribution in [2.75, 3.05) is 45.6 Å². The molecule has 1 aromatic carbocycles. The molecule has 1 aromatic rings. The average Bonchev–Trinajstić information content (AvgIpc) is 3.25. The molecule has 0 aromatic heterocycles. The highest BCUT2D eigenvalue weighted by molar-refractivity contribution is 5.96. The van der Waals surface area contributed by atoms with Gasteiger partial charge in [0, 0.05) is 44.5 Å². The maximum atomic E-state index is 12.5. The molecule has 25 heavy (non-hydrogen) atoms. The summed E-state index contributed by atoms with van der Waals surface area (Å²) in [5.41, 5.74) is 2.27. The molecular weight excluding hydrogens is 316 g/mol. The molecule has 2 saturated heterocycles. The van der Waals surface area contributed by atoms with Crippen LogP contribution in [0, 0.1) is 6.92 Å². The Morgan fingerprint density at radius 3 is 2.52 bits per heavy atom. The van der Waals surface area contributed by atoms with Gasteiger partial charge in [0.25, 0.3) is 5.91 Å². The highest BCUT2D eigenvalue weighted by Crippen LogP contribution is 2.22. The number of urea groups is 1. The Labute approximate surface area is 149 Å². The number of likely N-dealkylation sites (tertiary alicyclic amines) is 2. The molecule has 0 bridgehead atoms. The van der Waals surface area contributed by atoms with Gasteiger partial charge >= 0.3 is 6.03 Å². The van der Waals surface area contributed by atoms with Crippen molar-refractivity contribution in [3.63, 3.8) is 0 Å². The maximum Gasteiger partial charge on any atom is 0.321 e. The fourth-order valence-electron chi connectivity index (χ4n) is 3.76. The van der Waals surface area contributed by atoms with Crippen LogP contribution in [0.2, 0.25) is 0 Å². The summed E-state index contributed by atoms with van der Waals surface area (Å²) in [4.78, 5) is 30.6. The molecule has 2 aliphatic heterocycles. The second-order valence-corrected chi connectivity index (χ2v) is 7.29. The predicted octanol–water partition coefficient (Wildman–Crippen LogP) is 2.40. The van der Waals surface area contributed by atoms with Crippen molar-refractivity contribution in [1.29, 1.82) is 0 Å². The van der Waals surface area contributed by atoms with Crippen LogP contribution in [0.1, 0.15) is 35.2 Å². The van der Waals surface area contributed by atoms with E-state index in [4.69, 9.17) is 0 Å². The first-order chi connectivity index (χ1) is 12.0. The molecule has 6 nitrogen and oxygen atoms in total. The standard InChI is InChI=1S/C19H28N4O2/c1-14-12-15(6-7-17(14)18(24)21(2)3)20-19(25)23-11-8-16(13-23)22-9-4-5-10-22/h6-7,12,16H,4-5,8-11,13H2,1-3H3,(H,20,25). The Morgan fingerprint density at radius 1 is 1.16 bits per heavy atom. The van der Waals surface area contributed by atoms with Gasteiger partial charge in [-0.2, -0.15) is 0 Å². The summed E-state index contributed by atoms with van der Waals surface area (Å²) in [5.74, 6) is -0.0247. The molecule has 0 aliphatic carbocycles. The molecule has 136 valence electrons. The van der Waals surface area contributed by atoms with Gasteiger partial charge in [0.2, 0.25) is 0 Å². The summed E-state index contributed by atoms with van der Waals surface area (Å²) in [6, 6.07) is 5.91. The molecule has 1 N–H and O–H groups in total. The van der Waals surface area contributed by atoms with E-state index >= 15 is 0 Å². The molecule has 3 amide bonds. The minimum atomic E-state index is -0.0483. The summed E-state index contributed by atoms with van der Waals surface area (Å²) in [7, 11) is 3.48. The van der Waals surface area contributed by atoms with Crippen molar-refractivity contribution >= 4 is 17.6 Å². The third kappa shape index (κ3) is 3.95. The first-order valence-electron chi connectivity index (χ1n) is 9.08. The lowest BCUT2D eigenvalue weighted by Gasteiger charge is -2.23. The van der Waals surface area contributed by atoms with Crippen molar-refractivity contribution < 1.29 is 9.59 Å². The average molecular weight is 344 g/mol. The summed E-state index contributed by atoms with van der Waals surface area (Å²) in [6.07, 6.45) is 3.61. The molecule has 6 heteroatoms. The zero-order valence-electron chi connectivity index (χ0n) is 15.4. The lowest BCUT2D eigenvalue weighted by molar-refractivity contribution is 0.0827. The number of aryl methyl sites for hydroxylation is 1. The first kappa shape index (κ1) is 17.7. The Bertz CT molecular complexity index is 653. The SMILES string of the molecule is Cc1cc(NC(=O)N2CCC(N3CCCC3)C2)ccc1C(=O)N(C)C. The predicted molar refractivity (Wildman–Crippen MR) is 99.0 cm³/mol. The Balaban J connectivity index is 1.59. The van der Waals surface area contributed by atoms with E-state index in [9.17, 15) is 9.59 Å². The Morgan fingerprint density at radius 2 is 1.88 bits per heavy atom. The third-order valence-corrected chi connectivity index (χ3v) is 5.22. The Hall–Kier alpha value is -2.08. The van der Waals surface area contributed by atoms with E-state index < -0.39 is 0 Å². The van der Waals surface area contributed by atoms with Crippen molar-refractivity contribution in [1.82, 2.24) is 14.7 Å². The van der Waals surface area contributed by atoms with E-state index in [-0.39, 0.29) is 11.9 Å². The topological polar surface area (TPSA) is 55.9 Å². The van der Waals surface area contributed by atoms with Crippen LogP contribution in [-0.2, 0) is 0 Å². The number of nitrogens with one attached hydrogen (secondary N) is 1. The number of hydrogen-bond donors (Lipinski definition) is 1. The van der Waals surface area contributed by atoms with E-state index in [1.165, 1.54) is 25.9 Å². The minimum absolute atomic E-state index is 0.0247. The van der Waals surface area contributed by atoms with E-state index in [0.29, 0.717) is 11.6 Å². The smallest absolute Gasteiger partial charge is 0.321 e. The first-order valence-corrected chi connectivity index (χ1v) is 9.08. The number of hydrogen-bond acceptors (Lipinski definition) is 3. The van der Waals surface area contributed by atoms with Gasteiger partial charge in [-0.15, -0.1) is 0 Å². The second kappa shape index (κ2) is 7.44. The van der Waals surface area contributed by atoms with Crippen LogP contribution in [0.25, 0.3) is 0 Å². The second-order valence-electron chi connectivity index (χ2n) is 7.29.